The predicted molar refractivity (Wildman–Crippen MR) is 58.7 cm³/mol. The van der Waals surface area contributed by atoms with Crippen LogP contribution in [0.5, 0.6) is 0 Å². The molecule has 4 heteroatoms. The maximum absolute atomic E-state index is 11.6. The third-order valence-electron chi connectivity index (χ3n) is 3.14. The molecule has 0 aliphatic carbocycles. The van der Waals surface area contributed by atoms with Crippen molar-refractivity contribution in [1.29, 1.82) is 0 Å². The molecule has 1 fully saturated rings. The van der Waals surface area contributed by atoms with Gasteiger partial charge in [-0.05, 0) is 12.8 Å². The van der Waals surface area contributed by atoms with Crippen molar-refractivity contribution in [3.8, 4) is 0 Å². The summed E-state index contributed by atoms with van der Waals surface area (Å²) < 4.78 is 9.93. The minimum atomic E-state index is -0.422. The third-order valence-corrected chi connectivity index (χ3v) is 3.14. The Labute approximate surface area is 96.3 Å². The van der Waals surface area contributed by atoms with Gasteiger partial charge >= 0.3 is 11.9 Å². The van der Waals surface area contributed by atoms with Crippen molar-refractivity contribution in [2.75, 3.05) is 7.11 Å². The van der Waals surface area contributed by atoms with Gasteiger partial charge in [0, 0.05) is 0 Å². The second kappa shape index (κ2) is 5.87. The average Bonchev–Trinajstić information content (AvgIpc) is 2.55. The average molecular weight is 228 g/mol. The first-order valence-corrected chi connectivity index (χ1v) is 5.90. The highest BCUT2D eigenvalue weighted by atomic mass is 16.6. The van der Waals surface area contributed by atoms with Gasteiger partial charge in [0.05, 0.1) is 13.0 Å². The van der Waals surface area contributed by atoms with E-state index in [1.807, 2.05) is 0 Å². The molecule has 0 aromatic rings. The van der Waals surface area contributed by atoms with Gasteiger partial charge in [0.1, 0.15) is 12.0 Å². The molecular formula is C12H20O4. The largest absolute Gasteiger partial charge is 0.469 e. The summed E-state index contributed by atoms with van der Waals surface area (Å²) >= 11 is 0. The summed E-state index contributed by atoms with van der Waals surface area (Å²) in [6, 6.07) is 0. The number of ether oxygens (including phenoxy) is 2. The van der Waals surface area contributed by atoms with Crippen molar-refractivity contribution in [2.24, 2.45) is 11.8 Å². The van der Waals surface area contributed by atoms with Crippen LogP contribution in [-0.2, 0) is 19.1 Å². The topological polar surface area (TPSA) is 52.6 Å². The molecule has 0 amide bonds. The maximum Gasteiger partial charge on any atom is 0.313 e. The van der Waals surface area contributed by atoms with Gasteiger partial charge in [-0.25, -0.2) is 0 Å². The molecule has 1 rings (SSSR count). The van der Waals surface area contributed by atoms with E-state index >= 15 is 0 Å². The van der Waals surface area contributed by atoms with E-state index in [1.54, 1.807) is 6.92 Å². The molecule has 92 valence electrons. The Morgan fingerprint density at radius 2 is 2.12 bits per heavy atom. The van der Waals surface area contributed by atoms with Gasteiger partial charge in [0.15, 0.2) is 0 Å². The summed E-state index contributed by atoms with van der Waals surface area (Å²) in [6.07, 6.45) is 3.65. The second-order valence-electron chi connectivity index (χ2n) is 4.31. The van der Waals surface area contributed by atoms with Crippen molar-refractivity contribution in [2.45, 2.75) is 45.6 Å². The summed E-state index contributed by atoms with van der Waals surface area (Å²) in [5.41, 5.74) is 0. The molecule has 0 spiro atoms. The van der Waals surface area contributed by atoms with Gasteiger partial charge < -0.3 is 9.47 Å². The third kappa shape index (κ3) is 2.74. The Morgan fingerprint density at radius 1 is 1.44 bits per heavy atom. The van der Waals surface area contributed by atoms with Gasteiger partial charge in [-0.1, -0.05) is 26.7 Å². The fourth-order valence-corrected chi connectivity index (χ4v) is 2.12. The van der Waals surface area contributed by atoms with Crippen LogP contribution in [0.4, 0.5) is 0 Å². The van der Waals surface area contributed by atoms with E-state index in [9.17, 15) is 9.59 Å². The highest BCUT2D eigenvalue weighted by molar-refractivity contribution is 5.85. The van der Waals surface area contributed by atoms with Crippen LogP contribution < -0.4 is 0 Å². The van der Waals surface area contributed by atoms with Crippen molar-refractivity contribution in [3.63, 3.8) is 0 Å². The zero-order valence-corrected chi connectivity index (χ0v) is 10.2. The number of carbonyl (C=O) groups excluding carboxylic acids is 2. The lowest BCUT2D eigenvalue weighted by molar-refractivity contribution is -0.148. The van der Waals surface area contributed by atoms with Gasteiger partial charge in [-0.2, -0.15) is 0 Å². The summed E-state index contributed by atoms with van der Waals surface area (Å²) in [5, 5.41) is 0. The molecule has 1 aliphatic rings. The molecule has 0 unspecified atom stereocenters. The van der Waals surface area contributed by atoms with E-state index in [0.29, 0.717) is 0 Å². The van der Waals surface area contributed by atoms with Gasteiger partial charge in [0.25, 0.3) is 0 Å². The van der Waals surface area contributed by atoms with E-state index in [1.165, 1.54) is 7.11 Å². The Balaban J connectivity index is 2.60. The fourth-order valence-electron chi connectivity index (χ4n) is 2.12. The van der Waals surface area contributed by atoms with Gasteiger partial charge in [-0.3, -0.25) is 9.59 Å². The lowest BCUT2D eigenvalue weighted by atomic mass is 9.89. The van der Waals surface area contributed by atoms with Crippen molar-refractivity contribution < 1.29 is 19.1 Å². The second-order valence-corrected chi connectivity index (χ2v) is 4.31. The van der Waals surface area contributed by atoms with Crippen LogP contribution in [0.25, 0.3) is 0 Å². The van der Waals surface area contributed by atoms with E-state index in [0.717, 1.165) is 25.7 Å². The summed E-state index contributed by atoms with van der Waals surface area (Å²) in [5.74, 6) is -1.41. The SMILES string of the molecule is CCCCC[C@H]1OC(=O)[C@@H](C)[C@H]1C(=O)OC. The highest BCUT2D eigenvalue weighted by Crippen LogP contribution is 2.32. The van der Waals surface area contributed by atoms with Crippen LogP contribution in [0.1, 0.15) is 39.5 Å². The standard InChI is InChI=1S/C12H20O4/c1-4-5-6-7-9-10(12(14)15-3)8(2)11(13)16-9/h8-10H,4-7H2,1-3H3/t8-,9+,10+/m0/s1. The number of methoxy groups -OCH3 is 1. The van der Waals surface area contributed by atoms with Crippen molar-refractivity contribution in [1.82, 2.24) is 0 Å². The number of unbranched alkanes of at least 4 members (excludes halogenated alkanes) is 2. The summed E-state index contributed by atoms with van der Waals surface area (Å²) in [4.78, 5) is 23.0. The first kappa shape index (κ1) is 13.0. The lowest BCUT2D eigenvalue weighted by Gasteiger charge is -2.16. The number of esters is 2. The van der Waals surface area contributed by atoms with E-state index < -0.39 is 5.92 Å². The molecule has 0 bridgehead atoms. The minimum absolute atomic E-state index is 0.281. The molecule has 16 heavy (non-hydrogen) atoms. The quantitative estimate of drug-likeness (QED) is 0.533. The number of rotatable bonds is 5. The molecule has 0 aromatic carbocycles. The normalized spacial score (nSPS) is 28.9. The Morgan fingerprint density at radius 3 is 2.69 bits per heavy atom. The first-order chi connectivity index (χ1) is 7.61. The molecule has 1 heterocycles. The summed E-state index contributed by atoms with van der Waals surface area (Å²) in [6.45, 7) is 3.84. The van der Waals surface area contributed by atoms with Crippen LogP contribution in [0.15, 0.2) is 0 Å². The number of carbonyl (C=O) groups is 2. The van der Waals surface area contributed by atoms with E-state index in [-0.39, 0.29) is 24.0 Å². The van der Waals surface area contributed by atoms with Crippen LogP contribution in [0, 0.1) is 11.8 Å². The maximum atomic E-state index is 11.6. The molecule has 4 nitrogen and oxygen atoms in total. The smallest absolute Gasteiger partial charge is 0.313 e. The van der Waals surface area contributed by atoms with Crippen LogP contribution in [0.2, 0.25) is 0 Å². The lowest BCUT2D eigenvalue weighted by Crippen LogP contribution is -2.29. The number of hydrogen-bond donors (Lipinski definition) is 0. The fraction of sp³-hybridized carbons (Fsp3) is 0.833. The van der Waals surface area contributed by atoms with E-state index in [2.05, 4.69) is 6.92 Å². The molecule has 0 saturated carbocycles. The summed E-state index contributed by atoms with van der Waals surface area (Å²) in [7, 11) is 1.35. The molecule has 1 aliphatic heterocycles. The molecular weight excluding hydrogens is 208 g/mol. The molecule has 3 atom stereocenters. The van der Waals surface area contributed by atoms with Crippen molar-refractivity contribution >= 4 is 11.9 Å². The van der Waals surface area contributed by atoms with Crippen molar-refractivity contribution in [3.05, 3.63) is 0 Å². The Hall–Kier alpha value is -1.06. The number of hydrogen-bond acceptors (Lipinski definition) is 4. The predicted octanol–water partition coefficient (Wildman–Crippen LogP) is 1.92. The van der Waals surface area contributed by atoms with Crippen LogP contribution in [0.3, 0.4) is 0 Å². The Kier molecular flexibility index (Phi) is 4.77. The molecule has 0 N–H and O–H groups in total. The minimum Gasteiger partial charge on any atom is -0.469 e. The highest BCUT2D eigenvalue weighted by Gasteiger charge is 2.46. The van der Waals surface area contributed by atoms with E-state index in [4.69, 9.17) is 9.47 Å². The zero-order valence-electron chi connectivity index (χ0n) is 10.2. The molecule has 1 saturated heterocycles. The molecule has 0 radical (unpaired) electrons. The zero-order chi connectivity index (χ0) is 12.1. The first-order valence-electron chi connectivity index (χ1n) is 5.90. The molecule has 0 aromatic heterocycles. The monoisotopic (exact) mass is 228 g/mol. The van der Waals surface area contributed by atoms with Crippen LogP contribution in [-0.4, -0.2) is 25.2 Å². The van der Waals surface area contributed by atoms with Gasteiger partial charge in [0.2, 0.25) is 0 Å². The van der Waals surface area contributed by atoms with Crippen LogP contribution >= 0.6 is 0 Å². The Bertz CT molecular complexity index is 262. The van der Waals surface area contributed by atoms with Gasteiger partial charge in [-0.15, -0.1) is 0 Å². The number of cyclic esters (lactones) is 1.